The van der Waals surface area contributed by atoms with E-state index in [1.807, 2.05) is 25.1 Å². The molecule has 1 aliphatic rings. The number of aliphatic hydroxyl groups is 2. The third kappa shape index (κ3) is 4.29. The van der Waals surface area contributed by atoms with Gasteiger partial charge in [-0.3, -0.25) is 9.59 Å². The number of aryl methyl sites for hydroxylation is 1. The van der Waals surface area contributed by atoms with Gasteiger partial charge in [0, 0.05) is 10.3 Å². The first-order valence-corrected chi connectivity index (χ1v) is 11.3. The molecule has 0 saturated carbocycles. The minimum absolute atomic E-state index is 0.0697. The second-order valence-corrected chi connectivity index (χ2v) is 9.32. The van der Waals surface area contributed by atoms with Crippen LogP contribution in [0.1, 0.15) is 20.4 Å². The molecule has 1 amide bonds. The van der Waals surface area contributed by atoms with E-state index in [9.17, 15) is 14.7 Å². The summed E-state index contributed by atoms with van der Waals surface area (Å²) < 4.78 is 5.29. The van der Waals surface area contributed by atoms with Gasteiger partial charge in [0.2, 0.25) is 5.91 Å². The number of hydrogen-bond acceptors (Lipinski definition) is 9. The Morgan fingerprint density at radius 2 is 2.03 bits per heavy atom. The number of methoxy groups -OCH3 is 1. The highest BCUT2D eigenvalue weighted by Gasteiger charge is 2.45. The lowest BCUT2D eigenvalue weighted by Crippen LogP contribution is -2.61. The Morgan fingerprint density at radius 1 is 1.26 bits per heavy atom. The highest BCUT2D eigenvalue weighted by molar-refractivity contribution is 8.00. The number of β-amino-alcohol motifs (C(OH)–C–C–N with tert-alkyl or cyclic N) is 1. The van der Waals surface area contributed by atoms with Gasteiger partial charge in [0.15, 0.2) is 5.78 Å². The Balaban J connectivity index is 1.46. The topological polar surface area (TPSA) is 113 Å². The number of aliphatic hydroxyl groups excluding tert-OH is 1. The molecule has 2 N–H and O–H groups in total. The Hall–Kier alpha value is -2.53. The van der Waals surface area contributed by atoms with Crippen molar-refractivity contribution in [3.8, 4) is 5.75 Å². The van der Waals surface area contributed by atoms with E-state index in [0.717, 1.165) is 10.9 Å². The van der Waals surface area contributed by atoms with Gasteiger partial charge < -0.3 is 19.8 Å². The van der Waals surface area contributed by atoms with Crippen LogP contribution in [0.5, 0.6) is 5.75 Å². The predicted octanol–water partition coefficient (Wildman–Crippen LogP) is 2.01. The molecule has 8 nitrogen and oxygen atoms in total. The number of nitrogens with zero attached hydrogens (tertiary/aromatic N) is 3. The van der Waals surface area contributed by atoms with Crippen molar-refractivity contribution in [2.24, 2.45) is 0 Å². The minimum atomic E-state index is -1.17. The molecule has 3 heterocycles. The average Bonchev–Trinajstić information content (AvgIpc) is 3.25. The summed E-state index contributed by atoms with van der Waals surface area (Å²) in [5.41, 5.74) is -0.381. The average molecular weight is 460 g/mol. The predicted molar refractivity (Wildman–Crippen MR) is 118 cm³/mol. The monoisotopic (exact) mass is 459 g/mol. The molecule has 2 aromatic heterocycles. The van der Waals surface area contributed by atoms with Crippen LogP contribution in [-0.2, 0) is 10.4 Å². The number of benzene rings is 1. The molecule has 4 rings (SSSR count). The highest BCUT2D eigenvalue weighted by Crippen LogP contribution is 2.37. The maximum atomic E-state index is 12.8. The summed E-state index contributed by atoms with van der Waals surface area (Å²) in [6.07, 6.45) is 0. The molecule has 31 heavy (non-hydrogen) atoms. The van der Waals surface area contributed by atoms with Crippen LogP contribution in [0.25, 0.3) is 10.9 Å². The number of thiophene rings is 1. The van der Waals surface area contributed by atoms with Gasteiger partial charge in [-0.25, -0.2) is 9.97 Å². The summed E-state index contributed by atoms with van der Waals surface area (Å²) in [5.74, 6) is 1.02. The van der Waals surface area contributed by atoms with Gasteiger partial charge in [0.25, 0.3) is 0 Å². The number of fused-ring (bicyclic) bond motifs is 1. The van der Waals surface area contributed by atoms with Crippen molar-refractivity contribution < 1.29 is 24.5 Å². The second-order valence-electron chi connectivity index (χ2n) is 7.27. The van der Waals surface area contributed by atoms with Crippen LogP contribution in [0.15, 0.2) is 35.4 Å². The SMILES string of the molecule is COc1ccc2nc(C)nc(SCC(=O)c3ccc(C4(O)CN(C(=O)CO)C4)s3)c2c1. The first kappa shape index (κ1) is 21.7. The van der Waals surface area contributed by atoms with Crippen molar-refractivity contribution in [2.75, 3.05) is 32.6 Å². The number of likely N-dealkylation sites (tertiary alicyclic amines) is 1. The number of carbonyl (C=O) groups is 2. The molecular formula is C21H21N3O5S2. The largest absolute Gasteiger partial charge is 0.497 e. The number of hydrogen-bond donors (Lipinski definition) is 2. The van der Waals surface area contributed by atoms with Crippen molar-refractivity contribution in [1.29, 1.82) is 0 Å². The van der Waals surface area contributed by atoms with Crippen molar-refractivity contribution in [3.63, 3.8) is 0 Å². The fraction of sp³-hybridized carbons (Fsp3) is 0.333. The number of Topliss-reactive ketones (excluding diaryl/α,β-unsaturated/α-hetero) is 1. The van der Waals surface area contributed by atoms with E-state index in [0.29, 0.717) is 26.4 Å². The fourth-order valence-electron chi connectivity index (χ4n) is 3.39. The zero-order valence-corrected chi connectivity index (χ0v) is 18.6. The van der Waals surface area contributed by atoms with Gasteiger partial charge in [-0.2, -0.15) is 0 Å². The fourth-order valence-corrected chi connectivity index (χ4v) is 5.43. The van der Waals surface area contributed by atoms with Gasteiger partial charge in [-0.15, -0.1) is 11.3 Å². The zero-order chi connectivity index (χ0) is 22.2. The normalized spacial score (nSPS) is 15.0. The molecule has 0 unspecified atom stereocenters. The van der Waals surface area contributed by atoms with Crippen LogP contribution < -0.4 is 4.74 Å². The number of thioether (sulfide) groups is 1. The molecule has 0 atom stereocenters. The van der Waals surface area contributed by atoms with Gasteiger partial charge in [-0.05, 0) is 37.3 Å². The van der Waals surface area contributed by atoms with Crippen LogP contribution in [0.4, 0.5) is 0 Å². The van der Waals surface area contributed by atoms with E-state index in [1.54, 1.807) is 19.2 Å². The van der Waals surface area contributed by atoms with E-state index >= 15 is 0 Å². The summed E-state index contributed by atoms with van der Waals surface area (Å²) >= 11 is 2.56. The van der Waals surface area contributed by atoms with Crippen LogP contribution >= 0.6 is 23.1 Å². The van der Waals surface area contributed by atoms with Crippen LogP contribution in [0.3, 0.4) is 0 Å². The van der Waals surface area contributed by atoms with Crippen LogP contribution in [0.2, 0.25) is 0 Å². The first-order chi connectivity index (χ1) is 14.8. The van der Waals surface area contributed by atoms with Gasteiger partial charge in [0.05, 0.1) is 36.3 Å². The minimum Gasteiger partial charge on any atom is -0.497 e. The Morgan fingerprint density at radius 3 is 2.74 bits per heavy atom. The molecule has 1 aliphatic heterocycles. The Bertz CT molecular complexity index is 1160. The van der Waals surface area contributed by atoms with E-state index in [2.05, 4.69) is 9.97 Å². The van der Waals surface area contributed by atoms with E-state index in [1.165, 1.54) is 28.0 Å². The summed E-state index contributed by atoms with van der Waals surface area (Å²) in [6.45, 7) is 1.46. The summed E-state index contributed by atoms with van der Waals surface area (Å²) in [6, 6.07) is 8.98. The smallest absolute Gasteiger partial charge is 0.248 e. The lowest BCUT2D eigenvalue weighted by molar-refractivity contribution is -0.159. The standard InChI is InChI=1S/C21H21N3O5S2/c1-12-22-15-4-3-13(29-2)7-14(15)20(23-12)30-9-16(26)17-5-6-18(31-17)21(28)10-24(11-21)19(27)8-25/h3-7,25,28H,8-11H2,1-2H3. The lowest BCUT2D eigenvalue weighted by atomic mass is 9.92. The Labute approximate surface area is 186 Å². The van der Waals surface area contributed by atoms with Crippen LogP contribution in [0, 0.1) is 6.92 Å². The molecule has 10 heteroatoms. The van der Waals surface area contributed by atoms with E-state index in [4.69, 9.17) is 9.84 Å². The molecule has 1 aromatic carbocycles. The molecular weight excluding hydrogens is 438 g/mol. The van der Waals surface area contributed by atoms with Crippen molar-refractivity contribution in [2.45, 2.75) is 17.6 Å². The molecule has 0 bridgehead atoms. The van der Waals surface area contributed by atoms with E-state index in [-0.39, 0.29) is 24.6 Å². The summed E-state index contributed by atoms with van der Waals surface area (Å²) in [4.78, 5) is 35.7. The number of rotatable bonds is 7. The molecule has 0 aliphatic carbocycles. The number of ketones is 1. The number of carbonyl (C=O) groups excluding carboxylic acids is 2. The molecule has 0 radical (unpaired) electrons. The third-order valence-electron chi connectivity index (χ3n) is 5.05. The molecule has 1 saturated heterocycles. The van der Waals surface area contributed by atoms with Gasteiger partial charge >= 0.3 is 0 Å². The highest BCUT2D eigenvalue weighted by atomic mass is 32.2. The maximum absolute atomic E-state index is 12.8. The van der Waals surface area contributed by atoms with Crippen molar-refractivity contribution >= 4 is 45.7 Å². The quantitative estimate of drug-likeness (QED) is 0.313. The molecule has 162 valence electrons. The van der Waals surface area contributed by atoms with E-state index < -0.39 is 18.1 Å². The Kier molecular flexibility index (Phi) is 5.98. The lowest BCUT2D eigenvalue weighted by Gasteiger charge is -2.45. The molecule has 0 spiro atoms. The van der Waals surface area contributed by atoms with Crippen molar-refractivity contribution in [1.82, 2.24) is 14.9 Å². The van der Waals surface area contributed by atoms with Crippen molar-refractivity contribution in [3.05, 3.63) is 45.9 Å². The zero-order valence-electron chi connectivity index (χ0n) is 17.0. The van der Waals surface area contributed by atoms with Gasteiger partial charge in [0.1, 0.15) is 28.8 Å². The number of amides is 1. The summed E-state index contributed by atoms with van der Waals surface area (Å²) in [7, 11) is 1.59. The number of aromatic nitrogens is 2. The van der Waals surface area contributed by atoms with Crippen LogP contribution in [-0.4, -0.2) is 69.3 Å². The molecule has 3 aromatic rings. The maximum Gasteiger partial charge on any atom is 0.248 e. The summed E-state index contributed by atoms with van der Waals surface area (Å²) in [5, 5.41) is 21.1. The first-order valence-electron chi connectivity index (χ1n) is 9.52. The second kappa shape index (κ2) is 8.54. The number of ether oxygens (including phenoxy) is 1. The third-order valence-corrected chi connectivity index (χ3v) is 7.36. The van der Waals surface area contributed by atoms with Gasteiger partial charge in [-0.1, -0.05) is 11.8 Å². The molecule has 1 fully saturated rings.